The minimum Gasteiger partial charge on any atom is -0.495 e. The number of rotatable bonds is 6. The minimum atomic E-state index is -0.500. The summed E-state index contributed by atoms with van der Waals surface area (Å²) in [4.78, 5) is 35.9. The molecule has 1 atom stereocenters. The van der Waals surface area contributed by atoms with E-state index in [1.54, 1.807) is 0 Å². The molecule has 0 aliphatic carbocycles. The van der Waals surface area contributed by atoms with E-state index < -0.39 is 11.0 Å². The van der Waals surface area contributed by atoms with Gasteiger partial charge in [-0.3, -0.25) is 19.8 Å². The highest BCUT2D eigenvalue weighted by atomic mass is 16.6. The monoisotopic (exact) mass is 438 g/mol. The van der Waals surface area contributed by atoms with Crippen LogP contribution in [-0.4, -0.2) is 65.0 Å². The van der Waals surface area contributed by atoms with Crippen molar-refractivity contribution in [1.82, 2.24) is 14.9 Å². The van der Waals surface area contributed by atoms with Crippen LogP contribution in [0.1, 0.15) is 13.3 Å². The summed E-state index contributed by atoms with van der Waals surface area (Å²) in [6, 6.07) is 11.7. The van der Waals surface area contributed by atoms with Crippen LogP contribution in [-0.2, 0) is 4.79 Å². The number of fused-ring (bicyclic) bond motifs is 1. The standard InChI is InChI=1S/C22H26N6O4/c1-15(21(29)23-19-14-16(28(30)31)8-9-20(19)32-2)26-10-5-11-27(13-12-26)22-24-17-6-3-4-7-18(17)25-22/h3-4,6-9,14-15H,5,10-13H2,1-2H3,(H,23,29)(H,24,25). The zero-order chi connectivity index (χ0) is 22.7. The summed E-state index contributed by atoms with van der Waals surface area (Å²) < 4.78 is 5.25. The third kappa shape index (κ3) is 4.50. The van der Waals surface area contributed by atoms with Crippen LogP contribution in [0.3, 0.4) is 0 Å². The SMILES string of the molecule is COc1ccc([N+](=O)[O-])cc1NC(=O)C(C)N1CCCN(c2nc3ccccc3[nH]2)CC1. The zero-order valence-electron chi connectivity index (χ0n) is 18.1. The number of nitro groups is 1. The zero-order valence-corrected chi connectivity index (χ0v) is 18.1. The Bertz CT molecular complexity index is 1100. The molecule has 1 aliphatic heterocycles. The van der Waals surface area contributed by atoms with Crippen LogP contribution < -0.4 is 15.0 Å². The molecular weight excluding hydrogens is 412 g/mol. The van der Waals surface area contributed by atoms with E-state index in [0.29, 0.717) is 12.3 Å². The molecule has 0 radical (unpaired) electrons. The molecule has 1 unspecified atom stereocenters. The lowest BCUT2D eigenvalue weighted by Crippen LogP contribution is -2.44. The molecule has 2 heterocycles. The minimum absolute atomic E-state index is 0.106. The topological polar surface area (TPSA) is 117 Å². The second-order valence-corrected chi connectivity index (χ2v) is 7.76. The number of nitro benzene ring substituents is 1. The Hall–Kier alpha value is -3.66. The first kappa shape index (κ1) is 21.6. The first-order valence-corrected chi connectivity index (χ1v) is 10.5. The number of hydrogen-bond donors (Lipinski definition) is 2. The van der Waals surface area contributed by atoms with Gasteiger partial charge < -0.3 is 19.9 Å². The second kappa shape index (κ2) is 9.23. The van der Waals surface area contributed by atoms with Crippen molar-refractivity contribution in [3.8, 4) is 5.75 Å². The molecule has 1 amide bonds. The van der Waals surface area contributed by atoms with Crippen molar-refractivity contribution < 1.29 is 14.5 Å². The lowest BCUT2D eigenvalue weighted by atomic mass is 10.2. The van der Waals surface area contributed by atoms with Gasteiger partial charge in [0.15, 0.2) is 0 Å². The van der Waals surface area contributed by atoms with Crippen LogP contribution in [0.4, 0.5) is 17.3 Å². The number of carbonyl (C=O) groups excluding carboxylic acids is 1. The number of para-hydroxylation sites is 2. The van der Waals surface area contributed by atoms with Gasteiger partial charge in [0.1, 0.15) is 5.75 Å². The first-order chi connectivity index (χ1) is 15.5. The van der Waals surface area contributed by atoms with E-state index in [0.717, 1.165) is 43.0 Å². The maximum Gasteiger partial charge on any atom is 0.271 e. The van der Waals surface area contributed by atoms with Crippen molar-refractivity contribution in [2.45, 2.75) is 19.4 Å². The van der Waals surface area contributed by atoms with Gasteiger partial charge in [-0.25, -0.2) is 4.98 Å². The molecule has 168 valence electrons. The Morgan fingerprint density at radius 1 is 1.22 bits per heavy atom. The van der Waals surface area contributed by atoms with E-state index in [4.69, 9.17) is 4.74 Å². The summed E-state index contributed by atoms with van der Waals surface area (Å²) in [7, 11) is 1.46. The van der Waals surface area contributed by atoms with Gasteiger partial charge in [-0.2, -0.15) is 0 Å². The molecule has 10 nitrogen and oxygen atoms in total. The number of anilines is 2. The summed E-state index contributed by atoms with van der Waals surface area (Å²) in [6.07, 6.45) is 0.884. The normalized spacial score (nSPS) is 15.9. The molecule has 2 N–H and O–H groups in total. The molecule has 4 rings (SSSR count). The fourth-order valence-corrected chi connectivity index (χ4v) is 3.94. The van der Waals surface area contributed by atoms with E-state index in [9.17, 15) is 14.9 Å². The highest BCUT2D eigenvalue weighted by Gasteiger charge is 2.26. The van der Waals surface area contributed by atoms with Gasteiger partial charge in [-0.1, -0.05) is 12.1 Å². The van der Waals surface area contributed by atoms with Crippen LogP contribution >= 0.6 is 0 Å². The van der Waals surface area contributed by atoms with Crippen LogP contribution in [0.15, 0.2) is 42.5 Å². The van der Waals surface area contributed by atoms with Gasteiger partial charge in [-0.05, 0) is 31.5 Å². The van der Waals surface area contributed by atoms with Crippen LogP contribution in [0.25, 0.3) is 11.0 Å². The van der Waals surface area contributed by atoms with Crippen LogP contribution in [0.5, 0.6) is 5.75 Å². The molecule has 32 heavy (non-hydrogen) atoms. The number of non-ortho nitro benzene ring substituents is 1. The van der Waals surface area contributed by atoms with Crippen molar-refractivity contribution >= 4 is 34.3 Å². The average molecular weight is 438 g/mol. The van der Waals surface area contributed by atoms with E-state index in [1.165, 1.54) is 25.3 Å². The second-order valence-electron chi connectivity index (χ2n) is 7.76. The lowest BCUT2D eigenvalue weighted by Gasteiger charge is -2.27. The summed E-state index contributed by atoms with van der Waals surface area (Å²) in [5.41, 5.74) is 2.12. The van der Waals surface area contributed by atoms with Crippen molar-refractivity contribution in [1.29, 1.82) is 0 Å². The quantitative estimate of drug-likeness (QED) is 0.449. The number of aromatic nitrogens is 2. The van der Waals surface area contributed by atoms with E-state index in [2.05, 4.69) is 25.1 Å². The fraction of sp³-hybridized carbons (Fsp3) is 0.364. The van der Waals surface area contributed by atoms with Crippen LogP contribution in [0, 0.1) is 10.1 Å². The maximum atomic E-state index is 12.9. The van der Waals surface area contributed by atoms with Gasteiger partial charge in [0, 0.05) is 38.3 Å². The number of methoxy groups -OCH3 is 1. The molecule has 1 aliphatic rings. The Labute approximate surface area is 185 Å². The third-order valence-corrected chi connectivity index (χ3v) is 5.79. The largest absolute Gasteiger partial charge is 0.495 e. The van der Waals surface area contributed by atoms with Gasteiger partial charge in [0.2, 0.25) is 11.9 Å². The van der Waals surface area contributed by atoms with Gasteiger partial charge in [-0.15, -0.1) is 0 Å². The Kier molecular flexibility index (Phi) is 6.22. The molecule has 2 aromatic carbocycles. The molecule has 0 saturated carbocycles. The van der Waals surface area contributed by atoms with Crippen molar-refractivity contribution in [3.05, 3.63) is 52.6 Å². The van der Waals surface area contributed by atoms with Crippen molar-refractivity contribution in [2.24, 2.45) is 0 Å². The lowest BCUT2D eigenvalue weighted by molar-refractivity contribution is -0.384. The molecule has 0 bridgehead atoms. The smallest absolute Gasteiger partial charge is 0.271 e. The number of carbonyl (C=O) groups is 1. The number of hydrogen-bond acceptors (Lipinski definition) is 7. The number of imidazole rings is 1. The van der Waals surface area contributed by atoms with Crippen LogP contribution in [0.2, 0.25) is 0 Å². The van der Waals surface area contributed by atoms with Crippen molar-refractivity contribution in [3.63, 3.8) is 0 Å². The fourth-order valence-electron chi connectivity index (χ4n) is 3.94. The molecule has 1 saturated heterocycles. The number of nitrogens with one attached hydrogen (secondary N) is 2. The average Bonchev–Trinajstić information content (AvgIpc) is 3.08. The van der Waals surface area contributed by atoms with E-state index in [1.807, 2.05) is 31.2 Å². The number of nitrogens with zero attached hydrogens (tertiary/aromatic N) is 4. The summed E-state index contributed by atoms with van der Waals surface area (Å²) >= 11 is 0. The first-order valence-electron chi connectivity index (χ1n) is 10.5. The molecule has 0 spiro atoms. The number of aromatic amines is 1. The molecular formula is C22H26N6O4. The molecule has 10 heteroatoms. The third-order valence-electron chi connectivity index (χ3n) is 5.79. The number of amides is 1. The predicted octanol–water partition coefficient (Wildman–Crippen LogP) is 3.02. The molecule has 3 aromatic rings. The molecule has 1 aromatic heterocycles. The summed E-state index contributed by atoms with van der Waals surface area (Å²) in [6.45, 7) is 4.87. The van der Waals surface area contributed by atoms with Gasteiger partial charge in [0.05, 0.1) is 34.8 Å². The van der Waals surface area contributed by atoms with Gasteiger partial charge in [0.25, 0.3) is 5.69 Å². The van der Waals surface area contributed by atoms with Gasteiger partial charge >= 0.3 is 0 Å². The van der Waals surface area contributed by atoms with E-state index in [-0.39, 0.29) is 17.3 Å². The Morgan fingerprint density at radius 2 is 2.03 bits per heavy atom. The summed E-state index contributed by atoms with van der Waals surface area (Å²) in [5.74, 6) is 0.982. The number of ether oxygens (including phenoxy) is 1. The van der Waals surface area contributed by atoms with E-state index >= 15 is 0 Å². The predicted molar refractivity (Wildman–Crippen MR) is 122 cm³/mol. The Balaban J connectivity index is 1.42. The van der Waals surface area contributed by atoms with Crippen molar-refractivity contribution in [2.75, 3.05) is 43.5 Å². The highest BCUT2D eigenvalue weighted by molar-refractivity contribution is 5.96. The molecule has 1 fully saturated rings. The maximum absolute atomic E-state index is 12.9. The summed E-state index contributed by atoms with van der Waals surface area (Å²) in [5, 5.41) is 13.9. The Morgan fingerprint density at radius 3 is 2.78 bits per heavy atom. The number of benzene rings is 2. The number of H-pyrrole nitrogens is 1. The highest BCUT2D eigenvalue weighted by Crippen LogP contribution is 2.29.